The van der Waals surface area contributed by atoms with E-state index in [0.717, 1.165) is 38.0 Å². The summed E-state index contributed by atoms with van der Waals surface area (Å²) in [5.74, 6) is -0.0807. The van der Waals surface area contributed by atoms with E-state index in [-0.39, 0.29) is 29.0 Å². The van der Waals surface area contributed by atoms with E-state index in [1.54, 1.807) is 12.1 Å². The molecule has 32 heavy (non-hydrogen) atoms. The van der Waals surface area contributed by atoms with Crippen LogP contribution in [-0.2, 0) is 22.7 Å². The van der Waals surface area contributed by atoms with Crippen molar-refractivity contribution in [2.75, 3.05) is 13.1 Å². The van der Waals surface area contributed by atoms with Gasteiger partial charge in [0.1, 0.15) is 5.82 Å². The molecule has 2 saturated heterocycles. The molecule has 2 atom stereocenters. The number of hydrogen-bond acceptors (Lipinski definition) is 5. The van der Waals surface area contributed by atoms with Crippen LogP contribution in [0.4, 0.5) is 4.39 Å². The number of rotatable bonds is 4. The molecule has 5 rings (SSSR count). The molecule has 2 unspecified atom stereocenters. The highest BCUT2D eigenvalue weighted by Gasteiger charge is 2.39. The third-order valence-corrected chi connectivity index (χ3v) is 7.67. The number of fused-ring (bicyclic) bond motifs is 1. The minimum absolute atomic E-state index is 0.130. The van der Waals surface area contributed by atoms with Crippen molar-refractivity contribution in [2.45, 2.75) is 56.1 Å². The minimum Gasteiger partial charge on any atom is -0.299 e. The second-order valence-electron chi connectivity index (χ2n) is 9.15. The number of nitrogens with zero attached hydrogens (tertiary/aromatic N) is 2. The molecule has 2 amide bonds. The van der Waals surface area contributed by atoms with Crippen molar-refractivity contribution in [1.29, 1.82) is 0 Å². The molecule has 1 N–H and O–H groups in total. The van der Waals surface area contributed by atoms with Crippen LogP contribution in [0.15, 0.2) is 42.5 Å². The average Bonchev–Trinajstić information content (AvgIpc) is 3.10. The third-order valence-electron chi connectivity index (χ3n) is 7.10. The maximum Gasteiger partial charge on any atom is 0.243 e. The number of piperidine rings is 2. The first-order valence-corrected chi connectivity index (χ1v) is 11.9. The molecule has 0 bridgehead atoms. The van der Waals surface area contributed by atoms with Gasteiger partial charge in [0.25, 0.3) is 0 Å². The quantitative estimate of drug-likeness (QED) is 0.547. The monoisotopic (exact) mass is 453 g/mol. The van der Waals surface area contributed by atoms with E-state index in [4.69, 9.17) is 12.6 Å². The lowest BCUT2D eigenvalue weighted by atomic mass is 9.89. The number of amides is 2. The van der Waals surface area contributed by atoms with Gasteiger partial charge in [-0.15, -0.1) is 0 Å². The Kier molecular flexibility index (Phi) is 6.05. The van der Waals surface area contributed by atoms with Gasteiger partial charge in [-0.3, -0.25) is 24.7 Å². The Morgan fingerprint density at radius 3 is 2.50 bits per heavy atom. The van der Waals surface area contributed by atoms with Gasteiger partial charge in [0.15, 0.2) is 0 Å². The van der Waals surface area contributed by atoms with Crippen molar-refractivity contribution in [3.05, 3.63) is 70.5 Å². The molecule has 0 radical (unpaired) electrons. The fourth-order valence-corrected chi connectivity index (χ4v) is 5.80. The number of carbonyl (C=O) groups is 2. The molecule has 7 heteroatoms. The van der Waals surface area contributed by atoms with Crippen LogP contribution in [0.3, 0.4) is 0 Å². The van der Waals surface area contributed by atoms with Gasteiger partial charge in [0, 0.05) is 19.5 Å². The molecule has 3 heterocycles. The zero-order valence-corrected chi connectivity index (χ0v) is 18.9. The van der Waals surface area contributed by atoms with Gasteiger partial charge in [-0.2, -0.15) is 12.6 Å². The smallest absolute Gasteiger partial charge is 0.243 e. The van der Waals surface area contributed by atoms with Crippen LogP contribution < -0.4 is 5.32 Å². The maximum absolute atomic E-state index is 13.2. The van der Waals surface area contributed by atoms with Crippen LogP contribution in [0.1, 0.15) is 59.2 Å². The van der Waals surface area contributed by atoms with Gasteiger partial charge in [0.2, 0.25) is 11.8 Å². The molecule has 3 aliphatic rings. The highest BCUT2D eigenvalue weighted by molar-refractivity contribution is 7.80. The summed E-state index contributed by atoms with van der Waals surface area (Å²) in [6, 6.07) is 13.2. The summed E-state index contributed by atoms with van der Waals surface area (Å²) < 4.78 is 13.2. The molecule has 168 valence electrons. The lowest BCUT2D eigenvalue weighted by Crippen LogP contribution is -2.51. The summed E-state index contributed by atoms with van der Waals surface area (Å²) in [6.07, 6.45) is 3.09. The molecule has 2 aromatic rings. The van der Waals surface area contributed by atoms with E-state index < -0.39 is 0 Å². The van der Waals surface area contributed by atoms with E-state index in [2.05, 4.69) is 33.3 Å². The molecular formula is C25H28FN3O2S. The molecule has 0 aromatic heterocycles. The van der Waals surface area contributed by atoms with Crippen LogP contribution in [-0.4, -0.2) is 40.7 Å². The zero-order valence-electron chi connectivity index (χ0n) is 18.0. The van der Waals surface area contributed by atoms with E-state index in [9.17, 15) is 14.0 Å². The average molecular weight is 454 g/mol. The molecule has 0 saturated carbocycles. The van der Waals surface area contributed by atoms with Gasteiger partial charge in [-0.05, 0) is 72.7 Å². The summed E-state index contributed by atoms with van der Waals surface area (Å²) in [7, 11) is 0. The predicted molar refractivity (Wildman–Crippen MR) is 124 cm³/mol. The topological polar surface area (TPSA) is 52.7 Å². The van der Waals surface area contributed by atoms with Gasteiger partial charge < -0.3 is 0 Å². The number of carbonyl (C=O) groups excluding carboxylic acids is 2. The molecular weight excluding hydrogens is 425 g/mol. The second kappa shape index (κ2) is 8.96. The Balaban J connectivity index is 1.20. The van der Waals surface area contributed by atoms with Crippen LogP contribution in [0.5, 0.6) is 0 Å². The Morgan fingerprint density at radius 1 is 1.03 bits per heavy atom. The molecule has 5 nitrogen and oxygen atoms in total. The summed E-state index contributed by atoms with van der Waals surface area (Å²) in [5, 5.41) is 2.33. The number of imide groups is 1. The van der Waals surface area contributed by atoms with Crippen LogP contribution in [0, 0.1) is 5.82 Å². The van der Waals surface area contributed by atoms with Gasteiger partial charge in [-0.25, -0.2) is 4.39 Å². The Morgan fingerprint density at radius 2 is 1.78 bits per heavy atom. The fraction of sp³-hybridized carbons (Fsp3) is 0.440. The fourth-order valence-electron chi connectivity index (χ4n) is 5.30. The summed E-state index contributed by atoms with van der Waals surface area (Å²) in [6.45, 7) is 3.63. The van der Waals surface area contributed by atoms with Gasteiger partial charge in [-0.1, -0.05) is 30.3 Å². The number of thiol groups is 1. The molecule has 2 aromatic carbocycles. The van der Waals surface area contributed by atoms with Crippen molar-refractivity contribution in [1.82, 2.24) is 15.1 Å². The number of likely N-dealkylation sites (tertiary alicyclic amines) is 1. The normalized spacial score (nSPS) is 25.1. The van der Waals surface area contributed by atoms with Crippen LogP contribution in [0.2, 0.25) is 0 Å². The number of halogens is 1. The van der Waals surface area contributed by atoms with Crippen molar-refractivity contribution in [3.8, 4) is 0 Å². The lowest BCUT2D eigenvalue weighted by Gasteiger charge is -2.32. The molecule has 3 aliphatic heterocycles. The first kappa shape index (κ1) is 21.6. The summed E-state index contributed by atoms with van der Waals surface area (Å²) >= 11 is 4.78. The maximum atomic E-state index is 13.2. The van der Waals surface area contributed by atoms with E-state index >= 15 is 0 Å². The highest BCUT2D eigenvalue weighted by atomic mass is 32.1. The number of nitrogens with one attached hydrogen (secondary N) is 1. The third kappa shape index (κ3) is 4.34. The van der Waals surface area contributed by atoms with Gasteiger partial charge >= 0.3 is 0 Å². The van der Waals surface area contributed by atoms with Crippen molar-refractivity contribution >= 4 is 24.4 Å². The first-order valence-electron chi connectivity index (χ1n) is 11.3. The van der Waals surface area contributed by atoms with Crippen LogP contribution in [0.25, 0.3) is 0 Å². The lowest BCUT2D eigenvalue weighted by molar-refractivity contribution is -0.137. The first-order chi connectivity index (χ1) is 15.5. The molecule has 0 aliphatic carbocycles. The Bertz CT molecular complexity index is 1020. The highest BCUT2D eigenvalue weighted by Crippen LogP contribution is 2.39. The van der Waals surface area contributed by atoms with Crippen LogP contribution >= 0.6 is 12.6 Å². The Labute approximate surface area is 193 Å². The minimum atomic E-state index is -0.309. The van der Waals surface area contributed by atoms with Crippen molar-refractivity contribution < 1.29 is 14.0 Å². The predicted octanol–water partition coefficient (Wildman–Crippen LogP) is 3.75. The largest absolute Gasteiger partial charge is 0.299 e. The zero-order chi connectivity index (χ0) is 22.2. The van der Waals surface area contributed by atoms with Crippen molar-refractivity contribution in [3.63, 3.8) is 0 Å². The summed E-state index contributed by atoms with van der Waals surface area (Å²) in [5.41, 5.74) is 4.87. The van der Waals surface area contributed by atoms with E-state index in [1.165, 1.54) is 16.7 Å². The van der Waals surface area contributed by atoms with Crippen molar-refractivity contribution in [2.24, 2.45) is 0 Å². The standard InChI is InChI=1S/C25H28FN3O2S/c26-20-4-2-17(3-5-20)18-9-11-28(12-10-18)14-16-1-6-21-19(13-16)15-29(25(21)32)22-7-8-23(30)27-24(22)31/h1-6,13,18,22,25,32H,7-12,14-15H2,(H,27,30,31). The second-order valence-corrected chi connectivity index (χ2v) is 9.64. The molecule has 0 spiro atoms. The summed E-state index contributed by atoms with van der Waals surface area (Å²) in [4.78, 5) is 28.4. The Hall–Kier alpha value is -2.22. The molecule has 2 fully saturated rings. The van der Waals surface area contributed by atoms with E-state index in [1.807, 2.05) is 12.1 Å². The van der Waals surface area contributed by atoms with E-state index in [0.29, 0.717) is 25.3 Å². The number of benzene rings is 2. The number of hydrogen-bond donors (Lipinski definition) is 2. The van der Waals surface area contributed by atoms with Gasteiger partial charge in [0.05, 0.1) is 11.4 Å². The SMILES string of the molecule is O=C1CCC(N2Cc3cc(CN4CCC(c5ccc(F)cc5)CC4)ccc3C2S)C(=O)N1.